The number of nitrogens with two attached hydrogens (primary N) is 1. The third kappa shape index (κ3) is 2.42. The summed E-state index contributed by atoms with van der Waals surface area (Å²) in [6.07, 6.45) is 1.62. The first kappa shape index (κ1) is 12.3. The van der Waals surface area contributed by atoms with Crippen molar-refractivity contribution in [1.82, 2.24) is 0 Å². The predicted octanol–water partition coefficient (Wildman–Crippen LogP) is 1.20. The highest BCUT2D eigenvalue weighted by molar-refractivity contribution is 5.99. The van der Waals surface area contributed by atoms with Gasteiger partial charge in [-0.3, -0.25) is 4.79 Å². The van der Waals surface area contributed by atoms with E-state index in [1.807, 2.05) is 0 Å². The molecule has 1 saturated carbocycles. The number of primary amides is 1. The number of hydrogen-bond acceptors (Lipinski definition) is 3. The maximum Gasteiger partial charge on any atom is 0.326 e. The van der Waals surface area contributed by atoms with Gasteiger partial charge in [-0.15, -0.1) is 0 Å². The second-order valence-electron chi connectivity index (χ2n) is 4.32. The summed E-state index contributed by atoms with van der Waals surface area (Å²) in [4.78, 5) is 22.3. The van der Waals surface area contributed by atoms with Crippen LogP contribution in [0.2, 0.25) is 0 Å². The summed E-state index contributed by atoms with van der Waals surface area (Å²) in [6.45, 7) is 0. The van der Waals surface area contributed by atoms with Gasteiger partial charge in [0.05, 0.1) is 11.3 Å². The van der Waals surface area contributed by atoms with E-state index in [9.17, 15) is 14.0 Å². The second-order valence-corrected chi connectivity index (χ2v) is 4.32. The van der Waals surface area contributed by atoms with Gasteiger partial charge >= 0.3 is 5.97 Å². The Kier molecular flexibility index (Phi) is 3.18. The lowest BCUT2D eigenvalue weighted by molar-refractivity contribution is -0.138. The van der Waals surface area contributed by atoms with Crippen molar-refractivity contribution in [2.75, 3.05) is 5.32 Å². The van der Waals surface area contributed by atoms with E-state index in [1.54, 1.807) is 0 Å². The van der Waals surface area contributed by atoms with Crippen LogP contribution in [0.4, 0.5) is 10.1 Å². The minimum Gasteiger partial charge on any atom is -0.480 e. The molecule has 1 aromatic carbocycles. The number of rotatable bonds is 5. The Hall–Kier alpha value is -2.11. The number of benzene rings is 1. The number of carbonyl (C=O) groups excluding carboxylic acids is 1. The van der Waals surface area contributed by atoms with Crippen molar-refractivity contribution in [1.29, 1.82) is 0 Å². The number of halogens is 1. The number of nitrogens with one attached hydrogen (secondary N) is 1. The highest BCUT2D eigenvalue weighted by atomic mass is 19.1. The molecule has 4 N–H and O–H groups in total. The molecule has 0 saturated heterocycles. The fourth-order valence-electron chi connectivity index (χ4n) is 1.87. The van der Waals surface area contributed by atoms with Crippen LogP contribution in [-0.4, -0.2) is 23.0 Å². The number of carboxylic acids is 1. The van der Waals surface area contributed by atoms with E-state index in [-0.39, 0.29) is 17.2 Å². The normalized spacial score (nSPS) is 16.1. The quantitative estimate of drug-likeness (QED) is 0.734. The minimum absolute atomic E-state index is 0.0199. The van der Waals surface area contributed by atoms with E-state index in [0.717, 1.165) is 18.9 Å². The molecule has 1 aliphatic carbocycles. The van der Waals surface area contributed by atoms with Crippen molar-refractivity contribution in [2.45, 2.75) is 18.9 Å². The van der Waals surface area contributed by atoms with Gasteiger partial charge in [-0.2, -0.15) is 0 Å². The average molecular weight is 252 g/mol. The molecule has 0 radical (unpaired) electrons. The Morgan fingerprint density at radius 2 is 2.11 bits per heavy atom. The van der Waals surface area contributed by atoms with E-state index in [1.165, 1.54) is 12.1 Å². The number of aliphatic carboxylic acids is 1. The van der Waals surface area contributed by atoms with Gasteiger partial charge < -0.3 is 16.2 Å². The van der Waals surface area contributed by atoms with Crippen molar-refractivity contribution >= 4 is 17.6 Å². The maximum atomic E-state index is 13.5. The van der Waals surface area contributed by atoms with Crippen LogP contribution in [0.1, 0.15) is 23.2 Å². The summed E-state index contributed by atoms with van der Waals surface area (Å²) in [6, 6.07) is 3.14. The number of carboxylic acid groups (broad SMARTS) is 1. The topological polar surface area (TPSA) is 92.4 Å². The maximum absolute atomic E-state index is 13.5. The summed E-state index contributed by atoms with van der Waals surface area (Å²) in [5.74, 6) is -2.67. The van der Waals surface area contributed by atoms with Gasteiger partial charge in [0, 0.05) is 0 Å². The van der Waals surface area contributed by atoms with Crippen LogP contribution >= 0.6 is 0 Å². The van der Waals surface area contributed by atoms with Crippen LogP contribution in [0, 0.1) is 11.7 Å². The first-order valence-corrected chi connectivity index (χ1v) is 5.58. The molecule has 0 heterocycles. The highest BCUT2D eigenvalue weighted by Crippen LogP contribution is 2.35. The summed E-state index contributed by atoms with van der Waals surface area (Å²) in [7, 11) is 0. The van der Waals surface area contributed by atoms with Crippen LogP contribution in [0.5, 0.6) is 0 Å². The van der Waals surface area contributed by atoms with E-state index in [4.69, 9.17) is 10.8 Å². The second kappa shape index (κ2) is 4.64. The molecule has 1 aromatic rings. The smallest absolute Gasteiger partial charge is 0.326 e. The molecule has 0 aromatic heterocycles. The van der Waals surface area contributed by atoms with Gasteiger partial charge in [0.25, 0.3) is 5.91 Å². The summed E-state index contributed by atoms with van der Waals surface area (Å²) in [5.41, 5.74) is 4.92. The minimum atomic E-state index is -1.02. The first-order chi connectivity index (χ1) is 8.50. The van der Waals surface area contributed by atoms with Crippen molar-refractivity contribution in [2.24, 2.45) is 11.7 Å². The number of carbonyl (C=O) groups is 2. The molecule has 0 aliphatic heterocycles. The van der Waals surface area contributed by atoms with E-state index in [2.05, 4.69) is 5.32 Å². The fraction of sp³-hybridized carbons (Fsp3) is 0.333. The van der Waals surface area contributed by atoms with Crippen molar-refractivity contribution in [3.05, 3.63) is 29.6 Å². The average Bonchev–Trinajstić information content (AvgIpc) is 3.08. The first-order valence-electron chi connectivity index (χ1n) is 5.58. The Morgan fingerprint density at radius 1 is 1.44 bits per heavy atom. The summed E-state index contributed by atoms with van der Waals surface area (Å²) in [5, 5.41) is 11.8. The molecule has 1 fully saturated rings. The molecule has 1 atom stereocenters. The molecular formula is C12H13FN2O3. The van der Waals surface area contributed by atoms with Gasteiger partial charge in [0.2, 0.25) is 0 Å². The predicted molar refractivity (Wildman–Crippen MR) is 62.7 cm³/mol. The molecule has 0 spiro atoms. The molecule has 1 amide bonds. The van der Waals surface area contributed by atoms with E-state index in [0.29, 0.717) is 0 Å². The Balaban J connectivity index is 2.30. The fourth-order valence-corrected chi connectivity index (χ4v) is 1.87. The molecule has 1 unspecified atom stereocenters. The lowest BCUT2D eigenvalue weighted by Gasteiger charge is -2.17. The standard InChI is InChI=1S/C12H13FN2O3/c13-7-2-1-3-8(9(7)11(14)16)15-10(12(17)18)6-4-5-6/h1-3,6,10,15H,4-5H2,(H2,14,16)(H,17,18). The molecule has 2 rings (SSSR count). The lowest BCUT2D eigenvalue weighted by atomic mass is 10.1. The number of amides is 1. The third-order valence-electron chi connectivity index (χ3n) is 2.93. The molecule has 18 heavy (non-hydrogen) atoms. The van der Waals surface area contributed by atoms with E-state index < -0.39 is 23.7 Å². The van der Waals surface area contributed by atoms with Crippen molar-refractivity contribution in [3.8, 4) is 0 Å². The molecule has 96 valence electrons. The van der Waals surface area contributed by atoms with Crippen molar-refractivity contribution < 1.29 is 19.1 Å². The highest BCUT2D eigenvalue weighted by Gasteiger charge is 2.36. The Morgan fingerprint density at radius 3 is 2.61 bits per heavy atom. The van der Waals surface area contributed by atoms with Gasteiger partial charge in [-0.05, 0) is 30.9 Å². The zero-order chi connectivity index (χ0) is 13.3. The zero-order valence-corrected chi connectivity index (χ0v) is 9.52. The van der Waals surface area contributed by atoms with Crippen LogP contribution in [0.15, 0.2) is 18.2 Å². The molecular weight excluding hydrogens is 239 g/mol. The summed E-state index contributed by atoms with van der Waals surface area (Å²) < 4.78 is 13.5. The van der Waals surface area contributed by atoms with Gasteiger partial charge in [-0.1, -0.05) is 6.07 Å². The lowest BCUT2D eigenvalue weighted by Crippen LogP contribution is -2.32. The molecule has 5 nitrogen and oxygen atoms in total. The van der Waals surface area contributed by atoms with Crippen molar-refractivity contribution in [3.63, 3.8) is 0 Å². The number of hydrogen-bond donors (Lipinski definition) is 3. The molecule has 1 aliphatic rings. The largest absolute Gasteiger partial charge is 0.480 e. The molecule has 0 bridgehead atoms. The Bertz CT molecular complexity index is 500. The van der Waals surface area contributed by atoms with Crippen LogP contribution in [0.25, 0.3) is 0 Å². The van der Waals surface area contributed by atoms with Gasteiger partial charge in [0.1, 0.15) is 11.9 Å². The molecule has 6 heteroatoms. The van der Waals surface area contributed by atoms with Gasteiger partial charge in [0.15, 0.2) is 0 Å². The Labute approximate surface area is 103 Å². The zero-order valence-electron chi connectivity index (χ0n) is 9.52. The van der Waals surface area contributed by atoms with Crippen LogP contribution in [-0.2, 0) is 4.79 Å². The number of anilines is 1. The van der Waals surface area contributed by atoms with E-state index >= 15 is 0 Å². The van der Waals surface area contributed by atoms with Crippen LogP contribution < -0.4 is 11.1 Å². The summed E-state index contributed by atoms with van der Waals surface area (Å²) >= 11 is 0. The van der Waals surface area contributed by atoms with Gasteiger partial charge in [-0.25, -0.2) is 9.18 Å². The SMILES string of the molecule is NC(=O)c1c(F)cccc1NC(C(=O)O)C1CC1. The monoisotopic (exact) mass is 252 g/mol. The third-order valence-corrected chi connectivity index (χ3v) is 2.93. The van der Waals surface area contributed by atoms with Crippen LogP contribution in [0.3, 0.4) is 0 Å².